The average molecular weight is 422 g/mol. The summed E-state index contributed by atoms with van der Waals surface area (Å²) in [5, 5.41) is 0.803. The number of halogens is 2. The first kappa shape index (κ1) is 19.5. The minimum atomic E-state index is -3.85. The molecule has 0 unspecified atom stereocenters. The predicted octanol–water partition coefficient (Wildman–Crippen LogP) is 5.40. The average Bonchev–Trinajstić information content (AvgIpc) is 2.68. The summed E-state index contributed by atoms with van der Waals surface area (Å²) < 4.78 is 33.2. The topological polar surface area (TPSA) is 46.6 Å². The molecule has 27 heavy (non-hydrogen) atoms. The number of ether oxygens (including phenoxy) is 1. The molecular formula is C20H17Cl2NO3S. The summed E-state index contributed by atoms with van der Waals surface area (Å²) in [6, 6.07) is 20.2. The van der Waals surface area contributed by atoms with Gasteiger partial charge in [-0.05, 0) is 36.4 Å². The highest BCUT2D eigenvalue weighted by Gasteiger charge is 2.27. The minimum Gasteiger partial charge on any atom is -0.497 e. The lowest BCUT2D eigenvalue weighted by molar-refractivity contribution is 0.415. The first-order valence-corrected chi connectivity index (χ1v) is 10.3. The molecule has 0 aliphatic rings. The monoisotopic (exact) mass is 421 g/mol. The zero-order valence-electron chi connectivity index (χ0n) is 14.5. The lowest BCUT2D eigenvalue weighted by Gasteiger charge is -2.26. The molecule has 0 fully saturated rings. The first-order chi connectivity index (χ1) is 12.9. The van der Waals surface area contributed by atoms with E-state index in [9.17, 15) is 8.42 Å². The van der Waals surface area contributed by atoms with Crippen molar-refractivity contribution >= 4 is 38.9 Å². The molecule has 0 bridgehead atoms. The molecule has 0 spiro atoms. The zero-order valence-corrected chi connectivity index (χ0v) is 16.8. The van der Waals surface area contributed by atoms with E-state index >= 15 is 0 Å². The number of anilines is 1. The second-order valence-corrected chi connectivity index (χ2v) is 8.40. The lowest BCUT2D eigenvalue weighted by atomic mass is 10.2. The summed E-state index contributed by atoms with van der Waals surface area (Å²) in [5.74, 6) is 0.547. The number of nitrogens with zero attached hydrogens (tertiary/aromatic N) is 1. The number of hydrogen-bond donors (Lipinski definition) is 0. The van der Waals surface area contributed by atoms with Gasteiger partial charge in [-0.15, -0.1) is 0 Å². The molecule has 0 amide bonds. The van der Waals surface area contributed by atoms with Gasteiger partial charge in [0.2, 0.25) is 0 Å². The van der Waals surface area contributed by atoms with Crippen LogP contribution in [0.5, 0.6) is 5.75 Å². The van der Waals surface area contributed by atoms with Gasteiger partial charge >= 0.3 is 0 Å². The van der Waals surface area contributed by atoms with E-state index < -0.39 is 10.0 Å². The highest BCUT2D eigenvalue weighted by Crippen LogP contribution is 2.32. The van der Waals surface area contributed by atoms with Gasteiger partial charge < -0.3 is 4.74 Å². The van der Waals surface area contributed by atoms with Gasteiger partial charge in [-0.1, -0.05) is 53.5 Å². The van der Waals surface area contributed by atoms with Gasteiger partial charge in [0.05, 0.1) is 24.2 Å². The van der Waals surface area contributed by atoms with Crippen LogP contribution in [0.25, 0.3) is 0 Å². The number of hydrogen-bond acceptors (Lipinski definition) is 3. The van der Waals surface area contributed by atoms with E-state index in [1.165, 1.54) is 11.4 Å². The van der Waals surface area contributed by atoms with Gasteiger partial charge in [0.15, 0.2) is 0 Å². The largest absolute Gasteiger partial charge is 0.497 e. The van der Waals surface area contributed by atoms with Crippen LogP contribution in [0, 0.1) is 0 Å². The second-order valence-electron chi connectivity index (χ2n) is 5.73. The molecule has 3 rings (SSSR count). The van der Waals surface area contributed by atoms with Crippen LogP contribution in [-0.2, 0) is 16.6 Å². The van der Waals surface area contributed by atoms with E-state index in [4.69, 9.17) is 27.9 Å². The maximum atomic E-state index is 13.4. The molecule has 0 heterocycles. The van der Waals surface area contributed by atoms with Gasteiger partial charge in [-0.3, -0.25) is 4.31 Å². The number of rotatable bonds is 6. The fraction of sp³-hybridized carbons (Fsp3) is 0.100. The van der Waals surface area contributed by atoms with E-state index in [-0.39, 0.29) is 11.4 Å². The van der Waals surface area contributed by atoms with Crippen LogP contribution >= 0.6 is 23.2 Å². The van der Waals surface area contributed by atoms with Crippen molar-refractivity contribution in [3.05, 3.63) is 88.4 Å². The summed E-state index contributed by atoms with van der Waals surface area (Å²) in [6.45, 7) is -0.0110. The lowest BCUT2D eigenvalue weighted by Crippen LogP contribution is -2.30. The SMILES string of the molecule is COc1cccc(N(Cc2c(Cl)cccc2Cl)S(=O)(=O)c2ccccc2)c1. The maximum absolute atomic E-state index is 13.4. The van der Waals surface area contributed by atoms with Crippen LogP contribution < -0.4 is 9.04 Å². The summed E-state index contributed by atoms with van der Waals surface area (Å²) in [5.41, 5.74) is 0.984. The molecule has 0 saturated heterocycles. The van der Waals surface area contributed by atoms with Gasteiger partial charge in [-0.2, -0.15) is 0 Å². The van der Waals surface area contributed by atoms with Gasteiger partial charge in [0.25, 0.3) is 10.0 Å². The Hall–Kier alpha value is -2.21. The summed E-state index contributed by atoms with van der Waals surface area (Å²) in [7, 11) is -2.32. The predicted molar refractivity (Wildman–Crippen MR) is 109 cm³/mol. The van der Waals surface area contributed by atoms with Crippen LogP contribution in [0.15, 0.2) is 77.7 Å². The Kier molecular flexibility index (Phi) is 5.95. The Morgan fingerprint density at radius 3 is 2.15 bits per heavy atom. The van der Waals surface area contributed by atoms with Gasteiger partial charge in [0, 0.05) is 21.7 Å². The summed E-state index contributed by atoms with van der Waals surface area (Å²) in [4.78, 5) is 0.177. The summed E-state index contributed by atoms with van der Waals surface area (Å²) >= 11 is 12.6. The van der Waals surface area contributed by atoms with Gasteiger partial charge in [0.1, 0.15) is 5.75 Å². The van der Waals surface area contributed by atoms with E-state index in [0.29, 0.717) is 27.0 Å². The van der Waals surface area contributed by atoms with Crippen molar-refractivity contribution in [2.24, 2.45) is 0 Å². The van der Waals surface area contributed by atoms with Crippen molar-refractivity contribution in [1.82, 2.24) is 0 Å². The second kappa shape index (κ2) is 8.21. The normalized spacial score (nSPS) is 11.2. The van der Waals surface area contributed by atoms with Crippen LogP contribution in [0.2, 0.25) is 10.0 Å². The van der Waals surface area contributed by atoms with Crippen LogP contribution in [-0.4, -0.2) is 15.5 Å². The third kappa shape index (κ3) is 4.21. The van der Waals surface area contributed by atoms with Crippen molar-refractivity contribution in [2.45, 2.75) is 11.4 Å². The molecule has 0 saturated carbocycles. The Morgan fingerprint density at radius 2 is 1.52 bits per heavy atom. The minimum absolute atomic E-state index is 0.0110. The van der Waals surface area contributed by atoms with Crippen molar-refractivity contribution in [3.63, 3.8) is 0 Å². The third-order valence-electron chi connectivity index (χ3n) is 4.04. The fourth-order valence-corrected chi connectivity index (χ4v) is 4.59. The Morgan fingerprint density at radius 1 is 0.889 bits per heavy atom. The molecule has 0 atom stereocenters. The number of methoxy groups -OCH3 is 1. The number of benzene rings is 3. The maximum Gasteiger partial charge on any atom is 0.264 e. The molecular weight excluding hydrogens is 405 g/mol. The quantitative estimate of drug-likeness (QED) is 0.535. The molecule has 0 aliphatic heterocycles. The van der Waals surface area contributed by atoms with Crippen molar-refractivity contribution < 1.29 is 13.2 Å². The molecule has 4 nitrogen and oxygen atoms in total. The van der Waals surface area contributed by atoms with Crippen molar-refractivity contribution in [1.29, 1.82) is 0 Å². The molecule has 140 valence electrons. The van der Waals surface area contributed by atoms with Crippen molar-refractivity contribution in [3.8, 4) is 5.75 Å². The molecule has 0 aliphatic carbocycles. The molecule has 3 aromatic rings. The van der Waals surface area contributed by atoms with Crippen LogP contribution in [0.1, 0.15) is 5.56 Å². The smallest absolute Gasteiger partial charge is 0.264 e. The zero-order chi connectivity index (χ0) is 19.4. The van der Waals surface area contributed by atoms with Crippen molar-refractivity contribution in [2.75, 3.05) is 11.4 Å². The third-order valence-corrected chi connectivity index (χ3v) is 6.53. The van der Waals surface area contributed by atoms with Crippen LogP contribution in [0.4, 0.5) is 5.69 Å². The molecule has 3 aromatic carbocycles. The molecule has 0 radical (unpaired) electrons. The Bertz CT molecular complexity index is 1020. The first-order valence-electron chi connectivity index (χ1n) is 8.08. The van der Waals surface area contributed by atoms with E-state index in [2.05, 4.69) is 0 Å². The highest BCUT2D eigenvalue weighted by atomic mass is 35.5. The fourth-order valence-electron chi connectivity index (χ4n) is 2.63. The molecule has 0 N–H and O–H groups in total. The molecule has 7 heteroatoms. The van der Waals surface area contributed by atoms with E-state index in [0.717, 1.165) is 0 Å². The standard InChI is InChI=1S/C20H17Cl2NO3S/c1-26-16-8-5-7-15(13-16)23(14-18-19(21)11-6-12-20(18)22)27(24,25)17-9-3-2-4-10-17/h2-13H,14H2,1H3. The van der Waals surface area contributed by atoms with E-state index in [1.807, 2.05) is 0 Å². The number of sulfonamides is 1. The Balaban J connectivity index is 2.15. The summed E-state index contributed by atoms with van der Waals surface area (Å²) in [6.07, 6.45) is 0. The molecule has 0 aromatic heterocycles. The highest BCUT2D eigenvalue weighted by molar-refractivity contribution is 7.92. The van der Waals surface area contributed by atoms with E-state index in [1.54, 1.807) is 72.8 Å². The van der Waals surface area contributed by atoms with Gasteiger partial charge in [-0.25, -0.2) is 8.42 Å². The Labute approximate surface area is 169 Å². The van der Waals surface area contributed by atoms with Crippen LogP contribution in [0.3, 0.4) is 0 Å².